The smallest absolute Gasteiger partial charge is 0.331 e. The topological polar surface area (TPSA) is 96.7 Å². The van der Waals surface area contributed by atoms with Crippen molar-refractivity contribution in [1.82, 2.24) is 20.0 Å². The molecule has 1 aromatic rings. The predicted molar refractivity (Wildman–Crippen MR) is 69.1 cm³/mol. The van der Waals surface area contributed by atoms with E-state index in [9.17, 15) is 14.7 Å². The number of hydrogen-bond acceptors (Lipinski definition) is 4. The third-order valence-corrected chi connectivity index (χ3v) is 3.35. The Kier molecular flexibility index (Phi) is 4.23. The van der Waals surface area contributed by atoms with E-state index in [0.29, 0.717) is 18.8 Å². The first kappa shape index (κ1) is 14.3. The van der Waals surface area contributed by atoms with Gasteiger partial charge in [-0.05, 0) is 6.42 Å². The van der Waals surface area contributed by atoms with Gasteiger partial charge in [-0.25, -0.2) is 9.59 Å². The van der Waals surface area contributed by atoms with E-state index in [4.69, 9.17) is 4.74 Å². The minimum absolute atomic E-state index is 0.0154. The largest absolute Gasteiger partial charge is 0.479 e. The molecule has 2 unspecified atom stereocenters. The molecule has 0 radical (unpaired) electrons. The lowest BCUT2D eigenvalue weighted by molar-refractivity contribution is -0.139. The van der Waals surface area contributed by atoms with Crippen molar-refractivity contribution < 1.29 is 19.4 Å². The molecule has 1 aliphatic rings. The van der Waals surface area contributed by atoms with E-state index in [1.807, 2.05) is 0 Å². The fourth-order valence-corrected chi connectivity index (χ4v) is 2.10. The van der Waals surface area contributed by atoms with Gasteiger partial charge in [0.05, 0.1) is 18.8 Å². The third-order valence-electron chi connectivity index (χ3n) is 3.35. The van der Waals surface area contributed by atoms with E-state index >= 15 is 0 Å². The number of ether oxygens (including phenoxy) is 1. The average Bonchev–Trinajstić information content (AvgIpc) is 3.05. The Morgan fingerprint density at radius 1 is 1.65 bits per heavy atom. The van der Waals surface area contributed by atoms with E-state index in [2.05, 4.69) is 10.4 Å². The van der Waals surface area contributed by atoms with Gasteiger partial charge in [0, 0.05) is 32.5 Å². The van der Waals surface area contributed by atoms with Crippen molar-refractivity contribution >= 4 is 12.0 Å². The molecular weight excluding hydrogens is 264 g/mol. The van der Waals surface area contributed by atoms with Gasteiger partial charge in [0.25, 0.3) is 0 Å². The van der Waals surface area contributed by atoms with Gasteiger partial charge < -0.3 is 20.1 Å². The standard InChI is InChI=1S/C12H18N4O4/c1-15-6-8(5-13-15)10(11(17)18)14-12(19)16(2)9-3-4-20-7-9/h5-6,9-10H,3-4,7H2,1-2H3,(H,14,19)(H,17,18). The summed E-state index contributed by atoms with van der Waals surface area (Å²) in [7, 11) is 3.32. The zero-order valence-electron chi connectivity index (χ0n) is 11.4. The van der Waals surface area contributed by atoms with Gasteiger partial charge in [0.15, 0.2) is 6.04 Å². The van der Waals surface area contributed by atoms with Gasteiger partial charge in [-0.15, -0.1) is 0 Å². The molecule has 8 heteroatoms. The Morgan fingerprint density at radius 2 is 2.40 bits per heavy atom. The van der Waals surface area contributed by atoms with Crippen molar-refractivity contribution in [3.05, 3.63) is 18.0 Å². The number of carboxylic acid groups (broad SMARTS) is 1. The van der Waals surface area contributed by atoms with Crippen LogP contribution in [0.4, 0.5) is 4.79 Å². The van der Waals surface area contributed by atoms with Crippen molar-refractivity contribution in [2.45, 2.75) is 18.5 Å². The first-order valence-corrected chi connectivity index (χ1v) is 6.31. The first-order valence-electron chi connectivity index (χ1n) is 6.31. The van der Waals surface area contributed by atoms with Crippen molar-refractivity contribution in [2.75, 3.05) is 20.3 Å². The summed E-state index contributed by atoms with van der Waals surface area (Å²) in [6, 6.07) is -1.56. The number of carboxylic acids is 1. The van der Waals surface area contributed by atoms with E-state index in [-0.39, 0.29) is 6.04 Å². The number of hydrogen-bond donors (Lipinski definition) is 2. The van der Waals surface area contributed by atoms with Gasteiger partial charge in [-0.1, -0.05) is 0 Å². The van der Waals surface area contributed by atoms with Crippen molar-refractivity contribution in [3.63, 3.8) is 0 Å². The Bertz CT molecular complexity index is 495. The lowest BCUT2D eigenvalue weighted by atomic mass is 10.1. The van der Waals surface area contributed by atoms with Crippen LogP contribution in [0.3, 0.4) is 0 Å². The van der Waals surface area contributed by atoms with Crippen LogP contribution in [-0.4, -0.2) is 58.1 Å². The molecule has 2 N–H and O–H groups in total. The van der Waals surface area contributed by atoms with E-state index in [1.165, 1.54) is 15.8 Å². The number of nitrogens with one attached hydrogen (secondary N) is 1. The average molecular weight is 282 g/mol. The number of rotatable bonds is 4. The number of aromatic nitrogens is 2. The second kappa shape index (κ2) is 5.91. The van der Waals surface area contributed by atoms with Crippen molar-refractivity contribution in [2.24, 2.45) is 7.05 Å². The maximum Gasteiger partial charge on any atom is 0.331 e. The molecule has 1 saturated heterocycles. The maximum atomic E-state index is 12.1. The highest BCUT2D eigenvalue weighted by Gasteiger charge is 2.29. The molecule has 1 aliphatic heterocycles. The van der Waals surface area contributed by atoms with Crippen LogP contribution in [0.2, 0.25) is 0 Å². The maximum absolute atomic E-state index is 12.1. The lowest BCUT2D eigenvalue weighted by Gasteiger charge is -2.25. The normalized spacial score (nSPS) is 19.6. The molecule has 2 amide bonds. The van der Waals surface area contributed by atoms with Gasteiger partial charge in [-0.3, -0.25) is 4.68 Å². The molecule has 8 nitrogen and oxygen atoms in total. The van der Waals surface area contributed by atoms with E-state index < -0.39 is 18.0 Å². The summed E-state index contributed by atoms with van der Waals surface area (Å²) in [5.74, 6) is -1.12. The SMILES string of the molecule is CN(C(=O)NC(C(=O)O)c1cnn(C)c1)C1CCOC1. The molecule has 2 rings (SSSR count). The zero-order chi connectivity index (χ0) is 14.7. The quantitative estimate of drug-likeness (QED) is 0.808. The number of aliphatic carboxylic acids is 1. The highest BCUT2D eigenvalue weighted by atomic mass is 16.5. The Balaban J connectivity index is 2.04. The number of carbonyl (C=O) groups excluding carboxylic acids is 1. The molecule has 1 fully saturated rings. The number of aryl methyl sites for hydroxylation is 1. The van der Waals surface area contributed by atoms with Gasteiger partial charge in [0.2, 0.25) is 0 Å². The zero-order valence-corrected chi connectivity index (χ0v) is 11.4. The number of amides is 2. The molecule has 2 heterocycles. The number of nitrogens with zero attached hydrogens (tertiary/aromatic N) is 3. The molecule has 110 valence electrons. The Labute approximate surface area is 116 Å². The highest BCUT2D eigenvalue weighted by molar-refractivity contribution is 5.83. The number of urea groups is 1. The second-order valence-corrected chi connectivity index (χ2v) is 4.80. The van der Waals surface area contributed by atoms with Crippen molar-refractivity contribution in [3.8, 4) is 0 Å². The first-order chi connectivity index (χ1) is 9.49. The second-order valence-electron chi connectivity index (χ2n) is 4.80. The van der Waals surface area contributed by atoms with Crippen LogP contribution in [0.25, 0.3) is 0 Å². The monoisotopic (exact) mass is 282 g/mol. The van der Waals surface area contributed by atoms with Crippen LogP contribution in [0, 0.1) is 0 Å². The molecule has 0 aromatic carbocycles. The highest BCUT2D eigenvalue weighted by Crippen LogP contribution is 2.15. The van der Waals surface area contributed by atoms with E-state index in [0.717, 1.165) is 6.42 Å². The minimum Gasteiger partial charge on any atom is -0.479 e. The van der Waals surface area contributed by atoms with Gasteiger partial charge in [0.1, 0.15) is 0 Å². The molecule has 0 bridgehead atoms. The van der Waals surface area contributed by atoms with Crippen LogP contribution in [0.15, 0.2) is 12.4 Å². The molecule has 20 heavy (non-hydrogen) atoms. The molecule has 1 aromatic heterocycles. The Hall–Kier alpha value is -2.09. The molecule has 0 spiro atoms. The van der Waals surface area contributed by atoms with Crippen LogP contribution >= 0.6 is 0 Å². The Morgan fingerprint density at radius 3 is 2.90 bits per heavy atom. The predicted octanol–water partition coefficient (Wildman–Crippen LogP) is -0.0239. The molecule has 0 aliphatic carbocycles. The number of likely N-dealkylation sites (N-methyl/N-ethyl adjacent to an activating group) is 1. The number of carbonyl (C=O) groups is 2. The summed E-state index contributed by atoms with van der Waals surface area (Å²) in [4.78, 5) is 24.9. The summed E-state index contributed by atoms with van der Waals surface area (Å²) in [5, 5.41) is 15.7. The fourth-order valence-electron chi connectivity index (χ4n) is 2.10. The van der Waals surface area contributed by atoms with Crippen LogP contribution in [0.5, 0.6) is 0 Å². The molecule has 0 saturated carbocycles. The van der Waals surface area contributed by atoms with Crippen LogP contribution in [-0.2, 0) is 16.6 Å². The molecular formula is C12H18N4O4. The van der Waals surface area contributed by atoms with Gasteiger partial charge >= 0.3 is 12.0 Å². The van der Waals surface area contributed by atoms with E-state index in [1.54, 1.807) is 20.3 Å². The fraction of sp³-hybridized carbons (Fsp3) is 0.583. The van der Waals surface area contributed by atoms with Crippen molar-refractivity contribution in [1.29, 1.82) is 0 Å². The third kappa shape index (κ3) is 3.08. The van der Waals surface area contributed by atoms with Crippen LogP contribution < -0.4 is 5.32 Å². The van der Waals surface area contributed by atoms with Gasteiger partial charge in [-0.2, -0.15) is 5.10 Å². The summed E-state index contributed by atoms with van der Waals surface area (Å²) in [6.07, 6.45) is 3.75. The summed E-state index contributed by atoms with van der Waals surface area (Å²) >= 11 is 0. The lowest BCUT2D eigenvalue weighted by Crippen LogP contribution is -2.46. The van der Waals surface area contributed by atoms with Crippen LogP contribution in [0.1, 0.15) is 18.0 Å². The molecule has 2 atom stereocenters. The summed E-state index contributed by atoms with van der Waals surface area (Å²) in [6.45, 7) is 1.10. The summed E-state index contributed by atoms with van der Waals surface area (Å²) < 4.78 is 6.71. The minimum atomic E-state index is -1.12. The summed E-state index contributed by atoms with van der Waals surface area (Å²) in [5.41, 5.74) is 0.435.